The van der Waals surface area contributed by atoms with Crippen molar-refractivity contribution in [2.24, 2.45) is 0 Å². The Kier molecular flexibility index (Phi) is 28.4. The molecule has 0 heterocycles. The molecule has 0 amide bonds. The van der Waals surface area contributed by atoms with E-state index in [9.17, 15) is 0 Å². The van der Waals surface area contributed by atoms with Gasteiger partial charge in [-0.1, -0.05) is 26.7 Å². The van der Waals surface area contributed by atoms with Gasteiger partial charge in [0, 0.05) is 0 Å². The van der Waals surface area contributed by atoms with E-state index in [1.54, 1.807) is 0 Å². The van der Waals surface area contributed by atoms with Gasteiger partial charge in [-0.25, -0.2) is 0 Å². The predicted molar refractivity (Wildman–Crippen MR) is 28.4 cm³/mol. The fourth-order valence-corrected chi connectivity index (χ4v) is 0. The van der Waals surface area contributed by atoms with Gasteiger partial charge in [0.2, 0.25) is 0 Å². The van der Waals surface area contributed by atoms with Crippen LogP contribution in [-0.4, -0.2) is 24.7 Å². The van der Waals surface area contributed by atoms with E-state index in [1.807, 2.05) is 0 Å². The van der Waals surface area contributed by atoms with E-state index >= 15 is 0 Å². The van der Waals surface area contributed by atoms with E-state index in [0.29, 0.717) is 0 Å². The van der Waals surface area contributed by atoms with E-state index in [1.165, 1.54) is 12.8 Å². The molecule has 0 aromatic carbocycles. The first-order chi connectivity index (χ1) is 2.91. The first-order valence-corrected chi connectivity index (χ1v) is 3.71. The minimum absolute atomic E-state index is 0.0556. The van der Waals surface area contributed by atoms with E-state index in [-0.39, 0.29) is 24.7 Å². The van der Waals surface area contributed by atoms with Crippen molar-refractivity contribution in [3.8, 4) is 0 Å². The molecule has 0 N–H and O–H groups in total. The molecular weight excluding hydrogens is 273 g/mol. The molecule has 0 bridgehead atoms. The molecular formula is C4H11BiO. The molecule has 0 aliphatic heterocycles. The van der Waals surface area contributed by atoms with Crippen molar-refractivity contribution in [3.63, 3.8) is 0 Å². The molecule has 0 aromatic heterocycles. The van der Waals surface area contributed by atoms with E-state index in [0.717, 1.165) is 0 Å². The third-order valence-electron chi connectivity index (χ3n) is 0.500. The van der Waals surface area contributed by atoms with Crippen LogP contribution in [0.5, 0.6) is 0 Å². The molecule has 2 heteroatoms. The summed E-state index contributed by atoms with van der Waals surface area (Å²) < 4.78 is 8.39. The van der Waals surface area contributed by atoms with Crippen molar-refractivity contribution < 1.29 is 2.81 Å². The molecule has 0 saturated heterocycles. The number of hydrogen-bond donors (Lipinski definition) is 0. The van der Waals surface area contributed by atoms with Crippen molar-refractivity contribution in [1.82, 2.24) is 0 Å². The standard InChI is InChI=1S/C4H10.Bi.O.H/c1-3-4-2;;;/h3-4H2,1-2H3;;;. The minimum atomic E-state index is 0.0556. The molecule has 0 aliphatic carbocycles. The number of rotatable bonds is 1. The summed E-state index contributed by atoms with van der Waals surface area (Å²) in [5.74, 6) is 0. The Morgan fingerprint density at radius 1 is 1.17 bits per heavy atom. The fourth-order valence-electron chi connectivity index (χ4n) is 0. The summed E-state index contributed by atoms with van der Waals surface area (Å²) in [6, 6.07) is 0. The van der Waals surface area contributed by atoms with Gasteiger partial charge in [-0.3, -0.25) is 0 Å². The van der Waals surface area contributed by atoms with Crippen LogP contribution in [0.1, 0.15) is 26.7 Å². The SMILES string of the molecule is CCCC.[O]=[BiH]. The van der Waals surface area contributed by atoms with Crippen LogP contribution in [0.2, 0.25) is 0 Å². The molecule has 0 aliphatic rings. The Labute approximate surface area is 54.4 Å². The fraction of sp³-hybridized carbons (Fsp3) is 1.00. The summed E-state index contributed by atoms with van der Waals surface area (Å²) in [5.41, 5.74) is 0. The first-order valence-electron chi connectivity index (χ1n) is 2.12. The Bertz CT molecular complexity index is 15.0. The van der Waals surface area contributed by atoms with Gasteiger partial charge in [0.25, 0.3) is 0 Å². The molecule has 38 valence electrons. The molecule has 0 atom stereocenters. The zero-order valence-electron chi connectivity index (χ0n) is 4.32. The van der Waals surface area contributed by atoms with Crippen LogP contribution in [-0.2, 0) is 2.81 Å². The second-order valence-electron chi connectivity index (χ2n) is 1.000. The van der Waals surface area contributed by atoms with Crippen LogP contribution >= 0.6 is 0 Å². The van der Waals surface area contributed by atoms with Crippen LogP contribution in [0.4, 0.5) is 0 Å². The van der Waals surface area contributed by atoms with E-state index < -0.39 is 0 Å². The summed E-state index contributed by atoms with van der Waals surface area (Å²) in [6.45, 7) is 4.36. The summed E-state index contributed by atoms with van der Waals surface area (Å²) in [6.07, 6.45) is 2.64. The van der Waals surface area contributed by atoms with Gasteiger partial charge < -0.3 is 0 Å². The van der Waals surface area contributed by atoms with Crippen LogP contribution in [0.3, 0.4) is 0 Å². The van der Waals surface area contributed by atoms with E-state index in [2.05, 4.69) is 13.8 Å². The number of hydrogen-bond acceptors (Lipinski definition) is 1. The average molecular weight is 284 g/mol. The zero-order valence-corrected chi connectivity index (χ0v) is 8.21. The Morgan fingerprint density at radius 3 is 1.33 bits per heavy atom. The second-order valence-corrected chi connectivity index (χ2v) is 1.000. The second kappa shape index (κ2) is 17.3. The molecule has 0 fully saturated rings. The summed E-state index contributed by atoms with van der Waals surface area (Å²) in [5, 5.41) is 0. The van der Waals surface area contributed by atoms with Crippen molar-refractivity contribution in [2.45, 2.75) is 26.7 Å². The van der Waals surface area contributed by atoms with Crippen LogP contribution < -0.4 is 0 Å². The normalized spacial score (nSPS) is 5.67. The summed E-state index contributed by atoms with van der Waals surface area (Å²) >= 11 is 0.0556. The molecule has 0 unspecified atom stereocenters. The van der Waals surface area contributed by atoms with Crippen LogP contribution in [0.25, 0.3) is 0 Å². The van der Waals surface area contributed by atoms with Crippen LogP contribution in [0, 0.1) is 0 Å². The van der Waals surface area contributed by atoms with Gasteiger partial charge in [-0.05, 0) is 0 Å². The summed E-state index contributed by atoms with van der Waals surface area (Å²) in [4.78, 5) is 0. The molecule has 0 rings (SSSR count). The quantitative estimate of drug-likeness (QED) is 0.658. The van der Waals surface area contributed by atoms with Crippen molar-refractivity contribution >= 4 is 24.7 Å². The van der Waals surface area contributed by atoms with Crippen LogP contribution in [0.15, 0.2) is 0 Å². The van der Waals surface area contributed by atoms with Gasteiger partial charge >= 0.3 is 27.5 Å². The molecule has 0 saturated carbocycles. The van der Waals surface area contributed by atoms with Gasteiger partial charge in [0.05, 0.1) is 0 Å². The maximum absolute atomic E-state index is 8.39. The van der Waals surface area contributed by atoms with Gasteiger partial charge in [0.1, 0.15) is 0 Å². The van der Waals surface area contributed by atoms with Gasteiger partial charge in [-0.15, -0.1) is 0 Å². The van der Waals surface area contributed by atoms with Crippen molar-refractivity contribution in [2.75, 3.05) is 0 Å². The third-order valence-corrected chi connectivity index (χ3v) is 0.500. The zero-order chi connectivity index (χ0) is 5.41. The Hall–Kier alpha value is 0.683. The van der Waals surface area contributed by atoms with E-state index in [4.69, 9.17) is 2.81 Å². The molecule has 1 nitrogen and oxygen atoms in total. The Morgan fingerprint density at radius 2 is 1.33 bits per heavy atom. The monoisotopic (exact) mass is 284 g/mol. The average Bonchev–Trinajstić information content (AvgIpc) is 1.72. The Balaban J connectivity index is 0. The predicted octanol–water partition coefficient (Wildman–Crippen LogP) is 1.04. The summed E-state index contributed by atoms with van der Waals surface area (Å²) in [7, 11) is 0. The topological polar surface area (TPSA) is 17.1 Å². The third kappa shape index (κ3) is 22.4. The van der Waals surface area contributed by atoms with Crippen molar-refractivity contribution in [3.05, 3.63) is 0 Å². The number of unbranched alkanes of at least 4 members (excludes halogenated alkanes) is 1. The molecule has 0 radical (unpaired) electrons. The maximum atomic E-state index is 8.39. The molecule has 6 heavy (non-hydrogen) atoms. The van der Waals surface area contributed by atoms with Crippen molar-refractivity contribution in [1.29, 1.82) is 0 Å². The molecule has 0 aromatic rings. The van der Waals surface area contributed by atoms with Gasteiger partial charge in [0.15, 0.2) is 0 Å². The molecule has 0 spiro atoms. The first kappa shape index (κ1) is 9.84. The van der Waals surface area contributed by atoms with Gasteiger partial charge in [-0.2, -0.15) is 0 Å².